The molecule has 0 aliphatic rings. The number of rotatable bonds is 5. The molecule has 1 N–H and O–H groups in total. The molecule has 2 aromatic rings. The van der Waals surface area contributed by atoms with Gasteiger partial charge in [0.25, 0.3) is 0 Å². The Morgan fingerprint density at radius 2 is 2.05 bits per heavy atom. The van der Waals surface area contributed by atoms with E-state index >= 15 is 0 Å². The molecule has 0 bridgehead atoms. The molecule has 1 unspecified atom stereocenters. The number of ether oxygens (including phenoxy) is 1. The maximum Gasteiger partial charge on any atom is 0.333 e. The third kappa shape index (κ3) is 4.22. The number of anilines is 1. The van der Waals surface area contributed by atoms with Crippen molar-refractivity contribution in [3.05, 3.63) is 63.6 Å². The highest BCUT2D eigenvalue weighted by Gasteiger charge is 2.22. The Morgan fingerprint density at radius 1 is 1.29 bits per heavy atom. The summed E-state index contributed by atoms with van der Waals surface area (Å²) in [5.41, 5.74) is 1.58. The number of halogens is 2. The topological polar surface area (TPSA) is 38.3 Å². The first-order chi connectivity index (χ1) is 10.1. The summed E-state index contributed by atoms with van der Waals surface area (Å²) in [6.07, 6.45) is 0. The van der Waals surface area contributed by atoms with E-state index in [1.165, 1.54) is 0 Å². The Hall–Kier alpha value is -1.52. The fourth-order valence-electron chi connectivity index (χ4n) is 1.92. The van der Waals surface area contributed by atoms with E-state index in [4.69, 9.17) is 16.3 Å². The molecule has 0 heterocycles. The molecular formula is C16H15BrClNO2. The number of benzene rings is 2. The molecule has 3 nitrogen and oxygen atoms in total. The Kier molecular flexibility index (Phi) is 5.65. The average Bonchev–Trinajstić information content (AvgIpc) is 2.46. The standard InChI is InChI=1S/C16H15BrClNO2/c1-2-21-16(20)15(11-6-5-7-12(18)10-11)19-14-9-4-3-8-13(14)17/h3-10,15,19H,2H2,1H3. The minimum Gasteiger partial charge on any atom is -0.464 e. The second-order valence-corrected chi connectivity index (χ2v) is 5.66. The molecule has 0 saturated heterocycles. The van der Waals surface area contributed by atoms with Gasteiger partial charge in [0, 0.05) is 15.2 Å². The molecule has 0 saturated carbocycles. The summed E-state index contributed by atoms with van der Waals surface area (Å²) in [4.78, 5) is 12.2. The molecule has 0 aromatic heterocycles. The SMILES string of the molecule is CCOC(=O)C(Nc1ccccc1Br)c1cccc(Cl)c1. The van der Waals surface area contributed by atoms with Crippen LogP contribution in [0, 0.1) is 0 Å². The summed E-state index contributed by atoms with van der Waals surface area (Å²) in [6.45, 7) is 2.11. The summed E-state index contributed by atoms with van der Waals surface area (Å²) in [5.74, 6) is -0.337. The first-order valence-corrected chi connectivity index (χ1v) is 7.72. The number of carbonyl (C=O) groups is 1. The van der Waals surface area contributed by atoms with Gasteiger partial charge in [-0.1, -0.05) is 35.9 Å². The number of para-hydroxylation sites is 1. The second kappa shape index (κ2) is 7.48. The fourth-order valence-corrected chi connectivity index (χ4v) is 2.52. The molecule has 0 amide bonds. The summed E-state index contributed by atoms with van der Waals surface area (Å²) >= 11 is 9.48. The van der Waals surface area contributed by atoms with Crippen LogP contribution in [0.1, 0.15) is 18.5 Å². The van der Waals surface area contributed by atoms with Crippen LogP contribution in [0.4, 0.5) is 5.69 Å². The smallest absolute Gasteiger partial charge is 0.333 e. The largest absolute Gasteiger partial charge is 0.464 e. The quantitative estimate of drug-likeness (QED) is 0.769. The van der Waals surface area contributed by atoms with E-state index in [1.54, 1.807) is 19.1 Å². The number of nitrogens with one attached hydrogen (secondary N) is 1. The number of esters is 1. The normalized spacial score (nSPS) is 11.8. The van der Waals surface area contributed by atoms with Gasteiger partial charge in [0.15, 0.2) is 6.04 Å². The summed E-state index contributed by atoms with van der Waals surface area (Å²) in [7, 11) is 0. The monoisotopic (exact) mass is 367 g/mol. The van der Waals surface area contributed by atoms with Crippen LogP contribution in [-0.2, 0) is 9.53 Å². The lowest BCUT2D eigenvalue weighted by Gasteiger charge is -2.19. The first-order valence-electron chi connectivity index (χ1n) is 6.55. The van der Waals surface area contributed by atoms with Crippen molar-refractivity contribution in [2.24, 2.45) is 0 Å². The van der Waals surface area contributed by atoms with Crippen LogP contribution in [0.15, 0.2) is 53.0 Å². The number of hydrogen-bond acceptors (Lipinski definition) is 3. The van der Waals surface area contributed by atoms with E-state index in [2.05, 4.69) is 21.2 Å². The van der Waals surface area contributed by atoms with Gasteiger partial charge in [0.05, 0.1) is 6.61 Å². The zero-order valence-electron chi connectivity index (χ0n) is 11.5. The highest BCUT2D eigenvalue weighted by molar-refractivity contribution is 9.10. The number of hydrogen-bond donors (Lipinski definition) is 1. The third-order valence-electron chi connectivity index (χ3n) is 2.88. The fraction of sp³-hybridized carbons (Fsp3) is 0.188. The van der Waals surface area contributed by atoms with Crippen molar-refractivity contribution in [2.45, 2.75) is 13.0 Å². The van der Waals surface area contributed by atoms with Crippen LogP contribution < -0.4 is 5.32 Å². The maximum absolute atomic E-state index is 12.2. The molecule has 0 spiro atoms. The van der Waals surface area contributed by atoms with E-state index in [9.17, 15) is 4.79 Å². The van der Waals surface area contributed by atoms with Gasteiger partial charge in [0.1, 0.15) is 0 Å². The lowest BCUT2D eigenvalue weighted by Crippen LogP contribution is -2.23. The van der Waals surface area contributed by atoms with Crippen LogP contribution >= 0.6 is 27.5 Å². The van der Waals surface area contributed by atoms with E-state index in [0.717, 1.165) is 15.7 Å². The van der Waals surface area contributed by atoms with E-state index in [-0.39, 0.29) is 5.97 Å². The molecule has 2 aromatic carbocycles. The summed E-state index contributed by atoms with van der Waals surface area (Å²) in [5, 5.41) is 3.77. The van der Waals surface area contributed by atoms with Gasteiger partial charge in [-0.3, -0.25) is 0 Å². The number of carbonyl (C=O) groups excluding carboxylic acids is 1. The van der Waals surface area contributed by atoms with Crippen LogP contribution in [0.3, 0.4) is 0 Å². The Labute approximate surface area is 137 Å². The minimum absolute atomic E-state index is 0.327. The van der Waals surface area contributed by atoms with Gasteiger partial charge in [-0.15, -0.1) is 0 Å². The van der Waals surface area contributed by atoms with Crippen molar-refractivity contribution in [3.63, 3.8) is 0 Å². The Balaban J connectivity index is 2.33. The first kappa shape index (κ1) is 15.9. The van der Waals surface area contributed by atoms with E-state index < -0.39 is 6.04 Å². The zero-order valence-corrected chi connectivity index (χ0v) is 13.8. The van der Waals surface area contributed by atoms with Crippen molar-refractivity contribution in [3.8, 4) is 0 Å². The Bertz CT molecular complexity index is 633. The highest BCUT2D eigenvalue weighted by Crippen LogP contribution is 2.28. The molecule has 5 heteroatoms. The lowest BCUT2D eigenvalue weighted by atomic mass is 10.1. The summed E-state index contributed by atoms with van der Waals surface area (Å²) < 4.78 is 6.03. The van der Waals surface area contributed by atoms with Crippen LogP contribution in [-0.4, -0.2) is 12.6 Å². The zero-order chi connectivity index (χ0) is 15.2. The van der Waals surface area contributed by atoms with Gasteiger partial charge >= 0.3 is 5.97 Å². The summed E-state index contributed by atoms with van der Waals surface area (Å²) in [6, 6.07) is 14.2. The molecule has 0 radical (unpaired) electrons. The van der Waals surface area contributed by atoms with Crippen molar-refractivity contribution >= 4 is 39.2 Å². The molecule has 0 aliphatic heterocycles. The predicted molar refractivity (Wildman–Crippen MR) is 88.6 cm³/mol. The van der Waals surface area contributed by atoms with Crippen LogP contribution in [0.2, 0.25) is 5.02 Å². The predicted octanol–water partition coefficient (Wildman–Crippen LogP) is 4.82. The lowest BCUT2D eigenvalue weighted by molar-refractivity contribution is -0.144. The van der Waals surface area contributed by atoms with E-state index in [0.29, 0.717) is 11.6 Å². The Morgan fingerprint density at radius 3 is 2.71 bits per heavy atom. The third-order valence-corrected chi connectivity index (χ3v) is 3.80. The molecule has 0 aliphatic carbocycles. The van der Waals surface area contributed by atoms with Gasteiger partial charge in [-0.25, -0.2) is 4.79 Å². The minimum atomic E-state index is -0.609. The van der Waals surface area contributed by atoms with Crippen molar-refractivity contribution in [1.29, 1.82) is 0 Å². The van der Waals surface area contributed by atoms with Gasteiger partial charge in [-0.05, 0) is 52.7 Å². The van der Waals surface area contributed by atoms with Crippen molar-refractivity contribution < 1.29 is 9.53 Å². The molecular weight excluding hydrogens is 354 g/mol. The van der Waals surface area contributed by atoms with Crippen molar-refractivity contribution in [1.82, 2.24) is 0 Å². The molecule has 0 fully saturated rings. The average molecular weight is 369 g/mol. The van der Waals surface area contributed by atoms with Gasteiger partial charge in [0.2, 0.25) is 0 Å². The van der Waals surface area contributed by atoms with Gasteiger partial charge in [-0.2, -0.15) is 0 Å². The van der Waals surface area contributed by atoms with Gasteiger partial charge < -0.3 is 10.1 Å². The van der Waals surface area contributed by atoms with Crippen LogP contribution in [0.25, 0.3) is 0 Å². The molecule has 110 valence electrons. The molecule has 21 heavy (non-hydrogen) atoms. The van der Waals surface area contributed by atoms with Crippen molar-refractivity contribution in [2.75, 3.05) is 11.9 Å². The highest BCUT2D eigenvalue weighted by atomic mass is 79.9. The van der Waals surface area contributed by atoms with Crippen LogP contribution in [0.5, 0.6) is 0 Å². The van der Waals surface area contributed by atoms with E-state index in [1.807, 2.05) is 36.4 Å². The maximum atomic E-state index is 12.2. The molecule has 1 atom stereocenters. The molecule has 2 rings (SSSR count). The second-order valence-electron chi connectivity index (χ2n) is 4.36.